The van der Waals surface area contributed by atoms with Gasteiger partial charge in [-0.15, -0.1) is 0 Å². The van der Waals surface area contributed by atoms with Crippen LogP contribution in [-0.4, -0.2) is 24.9 Å². The highest BCUT2D eigenvalue weighted by Crippen LogP contribution is 2.32. The lowest BCUT2D eigenvalue weighted by molar-refractivity contribution is 0.265. The van der Waals surface area contributed by atoms with E-state index in [0.717, 1.165) is 11.3 Å². The second-order valence-electron chi connectivity index (χ2n) is 5.43. The zero-order valence-corrected chi connectivity index (χ0v) is 11.2. The Labute approximate surface area is 104 Å². The Hall–Kier alpha value is -1.06. The van der Waals surface area contributed by atoms with Crippen LogP contribution in [0.25, 0.3) is 0 Å². The fraction of sp³-hybridized carbons (Fsp3) is 0.571. The molecular weight excluding hydrogens is 214 g/mol. The summed E-state index contributed by atoms with van der Waals surface area (Å²) in [6.45, 7) is 6.47. The van der Waals surface area contributed by atoms with E-state index in [2.05, 4.69) is 26.8 Å². The number of benzene rings is 1. The van der Waals surface area contributed by atoms with Crippen molar-refractivity contribution < 1.29 is 9.84 Å². The molecule has 1 aromatic carbocycles. The molecule has 0 saturated heterocycles. The molecule has 0 amide bonds. The van der Waals surface area contributed by atoms with Crippen LogP contribution >= 0.6 is 0 Å². The Morgan fingerprint density at radius 3 is 2.47 bits per heavy atom. The van der Waals surface area contributed by atoms with Crippen LogP contribution in [0.15, 0.2) is 18.2 Å². The zero-order chi connectivity index (χ0) is 13.1. The van der Waals surface area contributed by atoms with Crippen LogP contribution in [0.1, 0.15) is 31.9 Å². The van der Waals surface area contributed by atoms with Crippen LogP contribution in [-0.2, 0) is 11.8 Å². The van der Waals surface area contributed by atoms with Gasteiger partial charge in [-0.05, 0) is 29.0 Å². The fourth-order valence-electron chi connectivity index (χ4n) is 1.84. The monoisotopic (exact) mass is 237 g/mol. The predicted octanol–water partition coefficient (Wildman–Crippen LogP) is 1.85. The molecule has 1 rings (SSSR count). The molecule has 0 saturated carbocycles. The van der Waals surface area contributed by atoms with E-state index in [9.17, 15) is 0 Å². The highest BCUT2D eigenvalue weighted by atomic mass is 16.5. The van der Waals surface area contributed by atoms with Gasteiger partial charge in [-0.3, -0.25) is 0 Å². The second kappa shape index (κ2) is 5.52. The molecule has 3 N–H and O–H groups in total. The quantitative estimate of drug-likeness (QED) is 0.840. The molecule has 96 valence electrons. The van der Waals surface area contributed by atoms with E-state index in [1.807, 2.05) is 12.1 Å². The molecule has 0 radical (unpaired) electrons. The summed E-state index contributed by atoms with van der Waals surface area (Å²) in [6.07, 6.45) is 0.684. The van der Waals surface area contributed by atoms with Crippen LogP contribution in [0.4, 0.5) is 0 Å². The van der Waals surface area contributed by atoms with Gasteiger partial charge in [-0.25, -0.2) is 0 Å². The minimum atomic E-state index is -0.198. The van der Waals surface area contributed by atoms with Crippen molar-refractivity contribution in [1.82, 2.24) is 0 Å². The van der Waals surface area contributed by atoms with Gasteiger partial charge in [0.25, 0.3) is 0 Å². The maximum absolute atomic E-state index is 8.98. The van der Waals surface area contributed by atoms with Gasteiger partial charge in [0.2, 0.25) is 0 Å². The Balaban J connectivity index is 3.05. The summed E-state index contributed by atoms with van der Waals surface area (Å²) in [6, 6.07) is 5.90. The van der Waals surface area contributed by atoms with Crippen molar-refractivity contribution in [3.05, 3.63) is 29.3 Å². The Kier molecular flexibility index (Phi) is 4.54. The average molecular weight is 237 g/mol. The van der Waals surface area contributed by atoms with Crippen molar-refractivity contribution >= 4 is 0 Å². The van der Waals surface area contributed by atoms with Gasteiger partial charge in [0.1, 0.15) is 5.75 Å². The van der Waals surface area contributed by atoms with E-state index < -0.39 is 0 Å². The summed E-state index contributed by atoms with van der Waals surface area (Å²) in [5, 5.41) is 8.98. The number of hydrogen-bond donors (Lipinski definition) is 2. The minimum absolute atomic E-state index is 0.0108. The minimum Gasteiger partial charge on any atom is -0.496 e. The first-order valence-corrected chi connectivity index (χ1v) is 5.92. The normalized spacial score (nSPS) is 13.5. The van der Waals surface area contributed by atoms with Gasteiger partial charge in [-0.2, -0.15) is 0 Å². The summed E-state index contributed by atoms with van der Waals surface area (Å²) in [5.41, 5.74) is 8.09. The molecule has 0 aliphatic heterocycles. The molecule has 3 nitrogen and oxygen atoms in total. The lowest BCUT2D eigenvalue weighted by Crippen LogP contribution is -2.27. The van der Waals surface area contributed by atoms with E-state index in [0.29, 0.717) is 6.42 Å². The molecule has 1 aromatic rings. The van der Waals surface area contributed by atoms with E-state index in [-0.39, 0.29) is 18.1 Å². The average Bonchev–Trinajstić information content (AvgIpc) is 2.27. The van der Waals surface area contributed by atoms with Crippen LogP contribution < -0.4 is 10.5 Å². The number of methoxy groups -OCH3 is 1. The van der Waals surface area contributed by atoms with Gasteiger partial charge in [0.15, 0.2) is 0 Å². The van der Waals surface area contributed by atoms with E-state index in [1.165, 1.54) is 5.56 Å². The maximum atomic E-state index is 8.98. The molecule has 0 bridgehead atoms. The molecule has 3 heteroatoms. The van der Waals surface area contributed by atoms with E-state index >= 15 is 0 Å². The summed E-state index contributed by atoms with van der Waals surface area (Å²) >= 11 is 0. The molecule has 0 fully saturated rings. The van der Waals surface area contributed by atoms with Gasteiger partial charge in [-0.1, -0.05) is 32.9 Å². The molecular formula is C14H23NO2. The first-order chi connectivity index (χ1) is 7.88. The molecule has 0 spiro atoms. The number of aliphatic hydroxyl groups is 1. The van der Waals surface area contributed by atoms with Gasteiger partial charge >= 0.3 is 0 Å². The highest BCUT2D eigenvalue weighted by Gasteiger charge is 2.19. The van der Waals surface area contributed by atoms with Crippen molar-refractivity contribution in [2.75, 3.05) is 13.7 Å². The summed E-state index contributed by atoms with van der Waals surface area (Å²) < 4.78 is 5.38. The Morgan fingerprint density at radius 2 is 2.00 bits per heavy atom. The highest BCUT2D eigenvalue weighted by molar-refractivity contribution is 5.41. The first kappa shape index (κ1) is 14.0. The third-order valence-electron chi connectivity index (χ3n) is 2.80. The van der Waals surface area contributed by atoms with Gasteiger partial charge in [0.05, 0.1) is 13.7 Å². The van der Waals surface area contributed by atoms with Crippen molar-refractivity contribution in [3.63, 3.8) is 0 Å². The Morgan fingerprint density at radius 1 is 1.35 bits per heavy atom. The third-order valence-corrected chi connectivity index (χ3v) is 2.80. The van der Waals surface area contributed by atoms with Crippen molar-refractivity contribution in [2.45, 2.75) is 38.6 Å². The van der Waals surface area contributed by atoms with E-state index in [4.69, 9.17) is 15.6 Å². The number of ether oxygens (including phenoxy) is 1. The molecule has 1 unspecified atom stereocenters. The lowest BCUT2D eigenvalue weighted by atomic mass is 9.85. The topological polar surface area (TPSA) is 55.5 Å². The van der Waals surface area contributed by atoms with Crippen molar-refractivity contribution in [2.24, 2.45) is 5.73 Å². The standard InChI is InChI=1S/C14H23NO2/c1-14(2,3)12-8-10(7-11(15)9-16)5-6-13(12)17-4/h5-6,8,11,16H,7,9,15H2,1-4H3. The summed E-state index contributed by atoms with van der Waals surface area (Å²) in [4.78, 5) is 0. The second-order valence-corrected chi connectivity index (χ2v) is 5.43. The number of hydrogen-bond acceptors (Lipinski definition) is 3. The SMILES string of the molecule is COc1ccc(CC(N)CO)cc1C(C)(C)C. The van der Waals surface area contributed by atoms with Crippen LogP contribution in [0.2, 0.25) is 0 Å². The lowest BCUT2D eigenvalue weighted by Gasteiger charge is -2.23. The van der Waals surface area contributed by atoms with Gasteiger partial charge < -0.3 is 15.6 Å². The van der Waals surface area contributed by atoms with Crippen LogP contribution in [0.5, 0.6) is 5.75 Å². The third kappa shape index (κ3) is 3.72. The number of nitrogens with two attached hydrogens (primary N) is 1. The maximum Gasteiger partial charge on any atom is 0.122 e. The van der Waals surface area contributed by atoms with E-state index in [1.54, 1.807) is 7.11 Å². The number of aliphatic hydroxyl groups excluding tert-OH is 1. The van der Waals surface area contributed by atoms with Crippen molar-refractivity contribution in [3.8, 4) is 5.75 Å². The first-order valence-electron chi connectivity index (χ1n) is 5.92. The summed E-state index contributed by atoms with van der Waals surface area (Å²) in [7, 11) is 1.68. The molecule has 0 aliphatic rings. The van der Waals surface area contributed by atoms with Crippen LogP contribution in [0.3, 0.4) is 0 Å². The molecule has 17 heavy (non-hydrogen) atoms. The molecule has 1 atom stereocenters. The fourth-order valence-corrected chi connectivity index (χ4v) is 1.84. The Bertz CT molecular complexity index is 369. The molecule has 0 aliphatic carbocycles. The number of rotatable bonds is 4. The van der Waals surface area contributed by atoms with Crippen molar-refractivity contribution in [1.29, 1.82) is 0 Å². The smallest absolute Gasteiger partial charge is 0.122 e. The largest absolute Gasteiger partial charge is 0.496 e. The zero-order valence-electron chi connectivity index (χ0n) is 11.2. The van der Waals surface area contributed by atoms with Gasteiger partial charge in [0, 0.05) is 6.04 Å². The molecule has 0 heterocycles. The van der Waals surface area contributed by atoms with Crippen LogP contribution in [0, 0.1) is 0 Å². The predicted molar refractivity (Wildman–Crippen MR) is 70.5 cm³/mol. The summed E-state index contributed by atoms with van der Waals surface area (Å²) in [5.74, 6) is 0.902. The molecule has 0 aromatic heterocycles.